The zero-order valence-electron chi connectivity index (χ0n) is 11.3. The van der Waals surface area contributed by atoms with Crippen LogP contribution in [0.2, 0.25) is 0 Å². The normalized spacial score (nSPS) is 19.6. The van der Waals surface area contributed by atoms with Crippen LogP contribution in [0.4, 0.5) is 11.8 Å². The summed E-state index contributed by atoms with van der Waals surface area (Å²) >= 11 is 0. The molecule has 18 heavy (non-hydrogen) atoms. The monoisotopic (exact) mass is 250 g/mol. The Bertz CT molecular complexity index is 406. The van der Waals surface area contributed by atoms with Gasteiger partial charge in [0.15, 0.2) is 0 Å². The van der Waals surface area contributed by atoms with Gasteiger partial charge in [0.1, 0.15) is 5.82 Å². The highest BCUT2D eigenvalue weighted by Crippen LogP contribution is 2.27. The predicted octanol–water partition coefficient (Wildman–Crippen LogP) is 0.601. The van der Waals surface area contributed by atoms with E-state index in [0.29, 0.717) is 12.0 Å². The summed E-state index contributed by atoms with van der Waals surface area (Å²) in [5.74, 6) is 6.86. The van der Waals surface area contributed by atoms with Crippen LogP contribution in [-0.4, -0.2) is 48.1 Å². The number of hydrogen-bond acceptors (Lipinski definition) is 6. The number of nitrogens with two attached hydrogens (primary N) is 1. The van der Waals surface area contributed by atoms with E-state index in [4.69, 9.17) is 5.84 Å². The van der Waals surface area contributed by atoms with Gasteiger partial charge in [0, 0.05) is 30.9 Å². The number of nitrogens with one attached hydrogen (secondary N) is 1. The molecule has 3 N–H and O–H groups in total. The second-order valence-corrected chi connectivity index (χ2v) is 5.10. The van der Waals surface area contributed by atoms with Gasteiger partial charge >= 0.3 is 0 Å². The Balaban J connectivity index is 2.23. The zero-order valence-corrected chi connectivity index (χ0v) is 11.3. The fraction of sp³-hybridized carbons (Fsp3) is 0.667. The maximum atomic E-state index is 5.38. The molecule has 1 aliphatic rings. The average molecular weight is 250 g/mol. The lowest BCUT2D eigenvalue weighted by molar-refractivity contribution is 0.371. The van der Waals surface area contributed by atoms with Gasteiger partial charge in [0.05, 0.1) is 0 Å². The number of nitrogens with zero attached hydrogens (tertiary/aromatic N) is 4. The fourth-order valence-corrected chi connectivity index (χ4v) is 2.52. The summed E-state index contributed by atoms with van der Waals surface area (Å²) in [5.41, 5.74) is 3.61. The second kappa shape index (κ2) is 5.49. The summed E-state index contributed by atoms with van der Waals surface area (Å²) < 4.78 is 0. The molecule has 2 rings (SSSR count). The fourth-order valence-electron chi connectivity index (χ4n) is 2.52. The molecule has 1 atom stereocenters. The van der Waals surface area contributed by atoms with Gasteiger partial charge < -0.3 is 9.80 Å². The van der Waals surface area contributed by atoms with E-state index in [-0.39, 0.29) is 0 Å². The number of aromatic nitrogens is 2. The van der Waals surface area contributed by atoms with Crippen LogP contribution in [0.15, 0.2) is 6.20 Å². The maximum absolute atomic E-state index is 5.38. The van der Waals surface area contributed by atoms with E-state index < -0.39 is 0 Å². The second-order valence-electron chi connectivity index (χ2n) is 5.10. The van der Waals surface area contributed by atoms with Gasteiger partial charge in [0.25, 0.3) is 0 Å². The van der Waals surface area contributed by atoms with E-state index in [2.05, 4.69) is 39.3 Å². The molecular weight excluding hydrogens is 228 g/mol. The van der Waals surface area contributed by atoms with E-state index in [1.807, 2.05) is 13.1 Å². The first-order valence-electron chi connectivity index (χ1n) is 6.33. The van der Waals surface area contributed by atoms with Crippen molar-refractivity contribution in [1.82, 2.24) is 14.9 Å². The molecule has 0 saturated carbocycles. The minimum absolute atomic E-state index is 0.478. The van der Waals surface area contributed by atoms with Crippen molar-refractivity contribution in [3.8, 4) is 0 Å². The third-order valence-electron chi connectivity index (χ3n) is 3.30. The van der Waals surface area contributed by atoms with Gasteiger partial charge in [-0.15, -0.1) is 0 Å². The molecule has 1 aliphatic heterocycles. The Kier molecular flexibility index (Phi) is 3.98. The van der Waals surface area contributed by atoms with Crippen molar-refractivity contribution < 1.29 is 0 Å². The molecule has 0 amide bonds. The van der Waals surface area contributed by atoms with Gasteiger partial charge in [-0.05, 0) is 33.9 Å². The van der Waals surface area contributed by atoms with Crippen molar-refractivity contribution in [3.05, 3.63) is 11.8 Å². The smallest absolute Gasteiger partial charge is 0.239 e. The molecule has 2 heterocycles. The minimum Gasteiger partial charge on any atom is -0.352 e. The van der Waals surface area contributed by atoms with Gasteiger partial charge in [-0.25, -0.2) is 10.8 Å². The lowest BCUT2D eigenvalue weighted by Crippen LogP contribution is -2.38. The molecule has 1 aromatic heterocycles. The SMILES string of the molecule is Cc1cnc(NN)nc1N1CCCC1CN(C)C. The quantitative estimate of drug-likeness (QED) is 0.602. The van der Waals surface area contributed by atoms with Crippen molar-refractivity contribution >= 4 is 11.8 Å². The molecule has 6 heteroatoms. The molecule has 0 aliphatic carbocycles. The van der Waals surface area contributed by atoms with Crippen LogP contribution in [0, 0.1) is 6.92 Å². The third-order valence-corrected chi connectivity index (χ3v) is 3.30. The molecule has 1 unspecified atom stereocenters. The van der Waals surface area contributed by atoms with Crippen LogP contribution in [0.5, 0.6) is 0 Å². The summed E-state index contributed by atoms with van der Waals surface area (Å²) in [6, 6.07) is 0.527. The van der Waals surface area contributed by atoms with Crippen molar-refractivity contribution in [3.63, 3.8) is 0 Å². The standard InChI is InChI=1S/C12H22N6/c1-9-7-14-12(16-13)15-11(9)18-6-4-5-10(18)8-17(2)3/h7,10H,4-6,8,13H2,1-3H3,(H,14,15,16). The van der Waals surface area contributed by atoms with Crippen LogP contribution in [0.25, 0.3) is 0 Å². The molecule has 1 fully saturated rings. The van der Waals surface area contributed by atoms with Crippen LogP contribution in [-0.2, 0) is 0 Å². The number of nitrogen functional groups attached to an aromatic ring is 1. The minimum atomic E-state index is 0.478. The summed E-state index contributed by atoms with van der Waals surface area (Å²) in [6.07, 6.45) is 4.25. The van der Waals surface area contributed by atoms with E-state index in [0.717, 1.165) is 24.5 Å². The number of aryl methyl sites for hydroxylation is 1. The van der Waals surface area contributed by atoms with Crippen LogP contribution < -0.4 is 16.2 Å². The first kappa shape index (κ1) is 13.0. The van der Waals surface area contributed by atoms with Gasteiger partial charge in [-0.1, -0.05) is 0 Å². The number of rotatable bonds is 4. The lowest BCUT2D eigenvalue weighted by Gasteiger charge is -2.29. The molecule has 6 nitrogen and oxygen atoms in total. The first-order chi connectivity index (χ1) is 8.61. The Morgan fingerprint density at radius 1 is 1.56 bits per heavy atom. The van der Waals surface area contributed by atoms with E-state index >= 15 is 0 Å². The Labute approximate surface area is 108 Å². The topological polar surface area (TPSA) is 70.3 Å². The Morgan fingerprint density at radius 3 is 3.00 bits per heavy atom. The molecule has 0 aromatic carbocycles. The van der Waals surface area contributed by atoms with Crippen molar-refractivity contribution in [2.45, 2.75) is 25.8 Å². The molecular formula is C12H22N6. The average Bonchev–Trinajstić information content (AvgIpc) is 2.77. The van der Waals surface area contributed by atoms with E-state index in [9.17, 15) is 0 Å². The van der Waals surface area contributed by atoms with Crippen molar-refractivity contribution in [1.29, 1.82) is 0 Å². The number of hydrogen-bond donors (Lipinski definition) is 2. The predicted molar refractivity (Wildman–Crippen MR) is 73.5 cm³/mol. The Morgan fingerprint density at radius 2 is 2.33 bits per heavy atom. The van der Waals surface area contributed by atoms with E-state index in [1.54, 1.807) is 0 Å². The largest absolute Gasteiger partial charge is 0.352 e. The Hall–Kier alpha value is -1.40. The summed E-state index contributed by atoms with van der Waals surface area (Å²) in [7, 11) is 4.21. The van der Waals surface area contributed by atoms with Crippen LogP contribution >= 0.6 is 0 Å². The highest BCUT2D eigenvalue weighted by Gasteiger charge is 2.27. The van der Waals surface area contributed by atoms with Gasteiger partial charge in [-0.3, -0.25) is 5.43 Å². The molecule has 1 aromatic rings. The van der Waals surface area contributed by atoms with Crippen LogP contribution in [0.1, 0.15) is 18.4 Å². The summed E-state index contributed by atoms with van der Waals surface area (Å²) in [6.45, 7) is 4.15. The van der Waals surface area contributed by atoms with Crippen molar-refractivity contribution in [2.75, 3.05) is 37.5 Å². The maximum Gasteiger partial charge on any atom is 0.239 e. The highest BCUT2D eigenvalue weighted by molar-refractivity contribution is 5.50. The van der Waals surface area contributed by atoms with E-state index in [1.165, 1.54) is 12.8 Å². The summed E-state index contributed by atoms with van der Waals surface area (Å²) in [4.78, 5) is 13.2. The summed E-state index contributed by atoms with van der Waals surface area (Å²) in [5, 5.41) is 0. The molecule has 0 radical (unpaired) electrons. The van der Waals surface area contributed by atoms with Gasteiger partial charge in [0.2, 0.25) is 5.95 Å². The van der Waals surface area contributed by atoms with Crippen molar-refractivity contribution in [2.24, 2.45) is 5.84 Å². The molecule has 100 valence electrons. The first-order valence-corrected chi connectivity index (χ1v) is 6.33. The van der Waals surface area contributed by atoms with Gasteiger partial charge in [-0.2, -0.15) is 4.98 Å². The number of hydrazine groups is 1. The molecule has 0 bridgehead atoms. The third kappa shape index (κ3) is 2.70. The van der Waals surface area contributed by atoms with Crippen LogP contribution in [0.3, 0.4) is 0 Å². The zero-order chi connectivity index (χ0) is 13.1. The molecule has 0 spiro atoms. The highest BCUT2D eigenvalue weighted by atomic mass is 15.3. The number of likely N-dealkylation sites (N-methyl/N-ethyl adjacent to an activating group) is 1. The lowest BCUT2D eigenvalue weighted by atomic mass is 10.2. The molecule has 1 saturated heterocycles. The number of anilines is 2.